The highest BCUT2D eigenvalue weighted by Crippen LogP contribution is 2.30. The van der Waals surface area contributed by atoms with Crippen molar-refractivity contribution in [2.24, 2.45) is 0 Å². The molecule has 0 heterocycles. The molecule has 0 rings (SSSR count). The van der Waals surface area contributed by atoms with Crippen LogP contribution in [0, 0.1) is 0 Å². The van der Waals surface area contributed by atoms with Gasteiger partial charge in [0.15, 0.2) is 0 Å². The number of nitrogens with zero attached hydrogens (tertiary/aromatic N) is 1. The van der Waals surface area contributed by atoms with Crippen LogP contribution in [0.3, 0.4) is 0 Å². The minimum absolute atomic E-state index is 0.0321. The van der Waals surface area contributed by atoms with Crippen LogP contribution in [0.5, 0.6) is 0 Å². The second-order valence-electron chi connectivity index (χ2n) is 6.81. The molecule has 0 saturated heterocycles. The number of hydrogen-bond acceptors (Lipinski definition) is 3. The van der Waals surface area contributed by atoms with E-state index < -0.39 is 0 Å². The van der Waals surface area contributed by atoms with Crippen molar-refractivity contribution >= 4 is 12.3 Å². The van der Waals surface area contributed by atoms with Crippen molar-refractivity contribution in [2.75, 3.05) is 20.7 Å². The second-order valence-corrected chi connectivity index (χ2v) is 6.81. The summed E-state index contributed by atoms with van der Waals surface area (Å²) in [5, 5.41) is 11.6. The van der Waals surface area contributed by atoms with Gasteiger partial charge in [-0.05, 0) is 34.1 Å². The van der Waals surface area contributed by atoms with Gasteiger partial charge < -0.3 is 10.4 Å². The van der Waals surface area contributed by atoms with Crippen molar-refractivity contribution in [1.82, 2.24) is 5.32 Å². The van der Waals surface area contributed by atoms with Crippen molar-refractivity contribution in [1.29, 1.82) is 0 Å². The van der Waals surface area contributed by atoms with Crippen molar-refractivity contribution in [3.05, 3.63) is 0 Å². The third-order valence-corrected chi connectivity index (χ3v) is 4.01. The van der Waals surface area contributed by atoms with Gasteiger partial charge in [-0.3, -0.25) is 9.28 Å². The molecule has 0 aromatic heterocycles. The van der Waals surface area contributed by atoms with Gasteiger partial charge >= 0.3 is 5.91 Å². The molecule has 0 aliphatic heterocycles. The zero-order chi connectivity index (χ0) is 15.3. The Morgan fingerprint density at radius 2 is 1.79 bits per heavy atom. The maximum Gasteiger partial charge on any atom is 0.313 e. The minimum atomic E-state index is -0.363. The molecule has 19 heavy (non-hydrogen) atoms. The highest BCUT2D eigenvalue weighted by Gasteiger charge is 2.45. The molecule has 2 amide bonds. The smallest absolute Gasteiger partial charge is 0.313 e. The van der Waals surface area contributed by atoms with E-state index in [1.54, 1.807) is 0 Å². The zero-order valence-corrected chi connectivity index (χ0v) is 13.1. The van der Waals surface area contributed by atoms with Crippen LogP contribution in [-0.4, -0.2) is 53.7 Å². The number of carbonyl (C=O) groups excluding carboxylic acids is 2. The lowest BCUT2D eigenvalue weighted by Crippen LogP contribution is -2.62. The van der Waals surface area contributed by atoms with E-state index in [1.807, 2.05) is 41.8 Å². The van der Waals surface area contributed by atoms with Crippen LogP contribution < -0.4 is 5.32 Å². The maximum atomic E-state index is 12.3. The van der Waals surface area contributed by atoms with Crippen molar-refractivity contribution < 1.29 is 19.2 Å². The van der Waals surface area contributed by atoms with E-state index in [0.717, 1.165) is 0 Å². The fourth-order valence-electron chi connectivity index (χ4n) is 2.34. The molecule has 5 heteroatoms. The van der Waals surface area contributed by atoms with Crippen LogP contribution >= 0.6 is 0 Å². The molecule has 0 aliphatic carbocycles. The maximum absolute atomic E-state index is 12.3. The summed E-state index contributed by atoms with van der Waals surface area (Å²) >= 11 is 0. The van der Waals surface area contributed by atoms with Gasteiger partial charge in [-0.15, -0.1) is 0 Å². The van der Waals surface area contributed by atoms with Crippen LogP contribution in [0.2, 0.25) is 0 Å². The van der Waals surface area contributed by atoms with E-state index in [4.69, 9.17) is 5.11 Å². The number of nitrogens with one attached hydrogen (secondary N) is 1. The first-order chi connectivity index (χ1) is 8.50. The Bertz CT molecular complexity index is 323. The largest absolute Gasteiger partial charge is 0.396 e. The van der Waals surface area contributed by atoms with Gasteiger partial charge in [0, 0.05) is 18.6 Å². The summed E-state index contributed by atoms with van der Waals surface area (Å²) in [5.74, 6) is 0.0981. The van der Waals surface area contributed by atoms with Gasteiger partial charge in [0.1, 0.15) is 5.54 Å². The van der Waals surface area contributed by atoms with Crippen LogP contribution in [0.4, 0.5) is 0 Å². The molecule has 0 spiro atoms. The predicted octanol–water partition coefficient (Wildman–Crippen LogP) is 1.06. The lowest BCUT2D eigenvalue weighted by Gasteiger charge is -2.45. The molecular formula is C14H29N2O3+. The van der Waals surface area contributed by atoms with E-state index in [1.165, 1.54) is 0 Å². The average Bonchev–Trinajstić information content (AvgIpc) is 2.23. The lowest BCUT2D eigenvalue weighted by molar-refractivity contribution is -0.867. The number of quaternary nitrogens is 1. The Kier molecular flexibility index (Phi) is 6.16. The summed E-state index contributed by atoms with van der Waals surface area (Å²) in [6, 6.07) is 0. The molecule has 0 aromatic rings. The Labute approximate surface area is 116 Å². The fourth-order valence-corrected chi connectivity index (χ4v) is 2.34. The number of aliphatic hydroxyl groups excluding tert-OH is 1. The number of hydrogen-bond donors (Lipinski definition) is 2. The monoisotopic (exact) mass is 273 g/mol. The Balaban J connectivity index is 4.95. The van der Waals surface area contributed by atoms with Crippen molar-refractivity contribution in [2.45, 2.75) is 58.0 Å². The van der Waals surface area contributed by atoms with Crippen molar-refractivity contribution in [3.8, 4) is 0 Å². The molecule has 0 radical (unpaired) electrons. The first-order valence-corrected chi connectivity index (χ1v) is 6.70. The summed E-state index contributed by atoms with van der Waals surface area (Å²) in [4.78, 5) is 22.9. The molecule has 0 unspecified atom stereocenters. The second kappa shape index (κ2) is 6.48. The van der Waals surface area contributed by atoms with Gasteiger partial charge in [0.2, 0.25) is 6.41 Å². The van der Waals surface area contributed by atoms with Crippen LogP contribution in [0.1, 0.15) is 47.0 Å². The number of aliphatic hydroxyl groups is 1. The third-order valence-electron chi connectivity index (χ3n) is 4.01. The lowest BCUT2D eigenvalue weighted by atomic mass is 9.84. The fraction of sp³-hybridized carbons (Fsp3) is 0.857. The van der Waals surface area contributed by atoms with Crippen LogP contribution in [0.15, 0.2) is 0 Å². The first kappa shape index (κ1) is 18.1. The molecule has 5 nitrogen and oxygen atoms in total. The Morgan fingerprint density at radius 3 is 2.21 bits per heavy atom. The predicted molar refractivity (Wildman–Crippen MR) is 75.4 cm³/mol. The molecule has 112 valence electrons. The quantitative estimate of drug-likeness (QED) is 0.513. The van der Waals surface area contributed by atoms with Crippen LogP contribution in [-0.2, 0) is 9.59 Å². The molecule has 0 bridgehead atoms. The van der Waals surface area contributed by atoms with E-state index in [9.17, 15) is 9.59 Å². The molecule has 2 N–H and O–H groups in total. The summed E-state index contributed by atoms with van der Waals surface area (Å²) in [5.41, 5.74) is -0.677. The summed E-state index contributed by atoms with van der Waals surface area (Å²) in [6.45, 7) is 7.98. The highest BCUT2D eigenvalue weighted by molar-refractivity contribution is 5.69. The molecular weight excluding hydrogens is 244 g/mol. The summed E-state index contributed by atoms with van der Waals surface area (Å²) in [6.07, 6.45) is 2.24. The molecule has 0 aromatic carbocycles. The third kappa shape index (κ3) is 4.91. The van der Waals surface area contributed by atoms with E-state index in [-0.39, 0.29) is 28.1 Å². The van der Waals surface area contributed by atoms with Gasteiger partial charge in [-0.2, -0.15) is 0 Å². The van der Waals surface area contributed by atoms with E-state index in [2.05, 4.69) is 5.32 Å². The molecule has 0 atom stereocenters. The molecule has 0 aliphatic rings. The Morgan fingerprint density at radius 1 is 1.26 bits per heavy atom. The standard InChI is InChI=1S/C14H28N2O3/c1-13(2,15-11-18)10-14(3,4)16(5,6)12(19)8-7-9-17/h11,17H,7-10H2,1-6H3/p+1. The Hall–Kier alpha value is -0.940. The summed E-state index contributed by atoms with van der Waals surface area (Å²) < 4.78 is 0.233. The zero-order valence-electron chi connectivity index (χ0n) is 13.1. The first-order valence-electron chi connectivity index (χ1n) is 6.70. The number of carbonyl (C=O) groups is 2. The normalized spacial score (nSPS) is 13.2. The minimum Gasteiger partial charge on any atom is -0.396 e. The summed E-state index contributed by atoms with van der Waals surface area (Å²) in [7, 11) is 3.77. The number of rotatable bonds is 8. The number of amides is 2. The van der Waals surface area contributed by atoms with E-state index in [0.29, 0.717) is 25.7 Å². The highest BCUT2D eigenvalue weighted by atomic mass is 16.3. The van der Waals surface area contributed by atoms with Gasteiger partial charge in [-0.1, -0.05) is 0 Å². The van der Waals surface area contributed by atoms with E-state index >= 15 is 0 Å². The van der Waals surface area contributed by atoms with Gasteiger partial charge in [0.25, 0.3) is 0 Å². The topological polar surface area (TPSA) is 66.4 Å². The van der Waals surface area contributed by atoms with Gasteiger partial charge in [0.05, 0.1) is 20.5 Å². The van der Waals surface area contributed by atoms with Gasteiger partial charge in [-0.25, -0.2) is 4.79 Å². The van der Waals surface area contributed by atoms with Crippen molar-refractivity contribution in [3.63, 3.8) is 0 Å². The molecule has 0 fully saturated rings. The SMILES string of the molecule is CC(C)(CC(C)(C)[N+](C)(C)C(=O)CCCO)NC=O. The molecule has 0 saturated carbocycles. The van der Waals surface area contributed by atoms with Crippen LogP contribution in [0.25, 0.3) is 0 Å². The average molecular weight is 273 g/mol.